The van der Waals surface area contributed by atoms with Gasteiger partial charge >= 0.3 is 0 Å². The van der Waals surface area contributed by atoms with Crippen molar-refractivity contribution in [1.82, 2.24) is 4.31 Å². The molecule has 0 radical (unpaired) electrons. The number of hydrogen-bond acceptors (Lipinski definition) is 3. The monoisotopic (exact) mass is 220 g/mol. The van der Waals surface area contributed by atoms with E-state index in [0.29, 0.717) is 0 Å². The Balaban J connectivity index is 2.58. The van der Waals surface area contributed by atoms with Crippen molar-refractivity contribution in [3.05, 3.63) is 0 Å². The number of sulfonamides is 1. The van der Waals surface area contributed by atoms with Crippen molar-refractivity contribution in [3.63, 3.8) is 0 Å². The summed E-state index contributed by atoms with van der Waals surface area (Å²) in [4.78, 5) is 0. The lowest BCUT2D eigenvalue weighted by Gasteiger charge is -2.30. The number of hydrogen-bond donors (Lipinski definition) is 1. The number of rotatable bonds is 4. The zero-order chi connectivity index (χ0) is 10.6. The predicted molar refractivity (Wildman–Crippen MR) is 57.5 cm³/mol. The van der Waals surface area contributed by atoms with Crippen molar-refractivity contribution < 1.29 is 8.42 Å². The SMILES string of the molecule is CN(C1CCCCC1)S(=O)(=O)CCN. The molecule has 1 fully saturated rings. The third kappa shape index (κ3) is 2.93. The molecule has 0 saturated heterocycles. The molecule has 84 valence electrons. The predicted octanol–water partition coefficient (Wildman–Crippen LogP) is 0.539. The largest absolute Gasteiger partial charge is 0.329 e. The van der Waals surface area contributed by atoms with Crippen LogP contribution in [0, 0.1) is 0 Å². The first-order valence-corrected chi connectivity index (χ1v) is 6.84. The zero-order valence-electron chi connectivity index (χ0n) is 8.78. The van der Waals surface area contributed by atoms with Crippen molar-refractivity contribution in [1.29, 1.82) is 0 Å². The summed E-state index contributed by atoms with van der Waals surface area (Å²) in [7, 11) is -1.42. The third-order valence-electron chi connectivity index (χ3n) is 2.90. The molecule has 0 aromatic heterocycles. The second-order valence-electron chi connectivity index (χ2n) is 3.91. The first kappa shape index (κ1) is 11.9. The molecule has 1 aliphatic rings. The molecule has 0 heterocycles. The smallest absolute Gasteiger partial charge is 0.215 e. The highest BCUT2D eigenvalue weighted by Crippen LogP contribution is 2.23. The maximum absolute atomic E-state index is 11.7. The van der Waals surface area contributed by atoms with Gasteiger partial charge in [-0.25, -0.2) is 12.7 Å². The van der Waals surface area contributed by atoms with Gasteiger partial charge in [0.2, 0.25) is 10.0 Å². The van der Waals surface area contributed by atoms with Crippen LogP contribution in [0.4, 0.5) is 0 Å². The van der Waals surface area contributed by atoms with Crippen LogP contribution < -0.4 is 5.73 Å². The molecule has 0 aromatic rings. The fourth-order valence-corrected chi connectivity index (χ4v) is 3.22. The van der Waals surface area contributed by atoms with E-state index < -0.39 is 10.0 Å². The molecular formula is C9H20N2O2S. The summed E-state index contributed by atoms with van der Waals surface area (Å²) in [6.07, 6.45) is 5.53. The van der Waals surface area contributed by atoms with E-state index >= 15 is 0 Å². The first-order chi connectivity index (χ1) is 6.58. The van der Waals surface area contributed by atoms with Gasteiger partial charge < -0.3 is 5.73 Å². The maximum Gasteiger partial charge on any atom is 0.215 e. The van der Waals surface area contributed by atoms with Crippen molar-refractivity contribution >= 4 is 10.0 Å². The van der Waals surface area contributed by atoms with E-state index in [2.05, 4.69) is 0 Å². The fourth-order valence-electron chi connectivity index (χ4n) is 1.96. The van der Waals surface area contributed by atoms with Gasteiger partial charge in [-0.15, -0.1) is 0 Å². The molecule has 0 atom stereocenters. The normalized spacial score (nSPS) is 20.2. The van der Waals surface area contributed by atoms with Gasteiger partial charge in [-0.2, -0.15) is 0 Å². The lowest BCUT2D eigenvalue weighted by Crippen LogP contribution is -2.40. The minimum Gasteiger partial charge on any atom is -0.329 e. The molecule has 5 heteroatoms. The molecule has 0 bridgehead atoms. The lowest BCUT2D eigenvalue weighted by molar-refractivity contribution is 0.286. The van der Waals surface area contributed by atoms with Crippen LogP contribution in [-0.2, 0) is 10.0 Å². The van der Waals surface area contributed by atoms with Crippen molar-refractivity contribution in [2.45, 2.75) is 38.1 Å². The van der Waals surface area contributed by atoms with Gasteiger partial charge in [0.25, 0.3) is 0 Å². The molecule has 14 heavy (non-hydrogen) atoms. The number of nitrogens with zero attached hydrogens (tertiary/aromatic N) is 1. The van der Waals surface area contributed by atoms with Crippen LogP contribution in [0.2, 0.25) is 0 Å². The van der Waals surface area contributed by atoms with Crippen molar-refractivity contribution in [2.75, 3.05) is 19.3 Å². The van der Waals surface area contributed by atoms with Gasteiger partial charge in [-0.05, 0) is 12.8 Å². The van der Waals surface area contributed by atoms with Crippen LogP contribution in [0.5, 0.6) is 0 Å². The average Bonchev–Trinajstić information content (AvgIpc) is 2.18. The summed E-state index contributed by atoms with van der Waals surface area (Å²) in [5.41, 5.74) is 5.28. The Bertz CT molecular complexity index is 258. The molecule has 2 N–H and O–H groups in total. The van der Waals surface area contributed by atoms with Gasteiger partial charge in [0.1, 0.15) is 0 Å². The highest BCUT2D eigenvalue weighted by molar-refractivity contribution is 7.89. The fraction of sp³-hybridized carbons (Fsp3) is 1.00. The molecular weight excluding hydrogens is 200 g/mol. The number of nitrogens with two attached hydrogens (primary N) is 1. The average molecular weight is 220 g/mol. The van der Waals surface area contributed by atoms with Gasteiger partial charge in [0.05, 0.1) is 5.75 Å². The highest BCUT2D eigenvalue weighted by atomic mass is 32.2. The molecule has 4 nitrogen and oxygen atoms in total. The van der Waals surface area contributed by atoms with E-state index in [0.717, 1.165) is 25.7 Å². The summed E-state index contributed by atoms with van der Waals surface area (Å²) >= 11 is 0. The zero-order valence-corrected chi connectivity index (χ0v) is 9.59. The summed E-state index contributed by atoms with van der Waals surface area (Å²) in [5.74, 6) is 0.0694. The van der Waals surface area contributed by atoms with Crippen molar-refractivity contribution in [2.24, 2.45) is 5.73 Å². The molecule has 0 amide bonds. The molecule has 0 spiro atoms. The van der Waals surface area contributed by atoms with E-state index in [-0.39, 0.29) is 18.3 Å². The van der Waals surface area contributed by atoms with Crippen LogP contribution >= 0.6 is 0 Å². The second kappa shape index (κ2) is 5.09. The van der Waals surface area contributed by atoms with Crippen molar-refractivity contribution in [3.8, 4) is 0 Å². The summed E-state index contributed by atoms with van der Waals surface area (Å²) in [6, 6.07) is 0.209. The Hall–Kier alpha value is -0.130. The standard InChI is InChI=1S/C9H20N2O2S/c1-11(14(12,13)8-7-10)9-5-3-2-4-6-9/h9H,2-8,10H2,1H3. The third-order valence-corrected chi connectivity index (χ3v) is 4.83. The Morgan fingerprint density at radius 1 is 1.29 bits per heavy atom. The molecule has 1 rings (SSSR count). The van der Waals surface area contributed by atoms with Crippen LogP contribution in [0.15, 0.2) is 0 Å². The Morgan fingerprint density at radius 2 is 1.86 bits per heavy atom. The molecule has 0 unspecified atom stereocenters. The molecule has 1 saturated carbocycles. The van der Waals surface area contributed by atoms with Crippen LogP contribution in [0.3, 0.4) is 0 Å². The quantitative estimate of drug-likeness (QED) is 0.752. The van der Waals surface area contributed by atoms with E-state index in [1.165, 1.54) is 10.7 Å². The molecule has 0 aliphatic heterocycles. The summed E-state index contributed by atoms with van der Waals surface area (Å²) in [5, 5.41) is 0. The lowest BCUT2D eigenvalue weighted by atomic mass is 9.96. The maximum atomic E-state index is 11.7. The summed E-state index contributed by atoms with van der Waals surface area (Å²) < 4.78 is 24.9. The van der Waals surface area contributed by atoms with Crippen LogP contribution in [0.25, 0.3) is 0 Å². The minimum atomic E-state index is -3.10. The molecule has 1 aliphatic carbocycles. The van der Waals surface area contributed by atoms with Gasteiger partial charge in [-0.3, -0.25) is 0 Å². The second-order valence-corrected chi connectivity index (χ2v) is 6.06. The van der Waals surface area contributed by atoms with E-state index in [9.17, 15) is 8.42 Å². The Morgan fingerprint density at radius 3 is 2.36 bits per heavy atom. The Kier molecular flexibility index (Phi) is 4.34. The highest BCUT2D eigenvalue weighted by Gasteiger charge is 2.26. The van der Waals surface area contributed by atoms with Crippen LogP contribution in [0.1, 0.15) is 32.1 Å². The van der Waals surface area contributed by atoms with E-state index in [1.54, 1.807) is 7.05 Å². The first-order valence-electron chi connectivity index (χ1n) is 5.23. The van der Waals surface area contributed by atoms with E-state index in [4.69, 9.17) is 5.73 Å². The minimum absolute atomic E-state index is 0.0694. The summed E-state index contributed by atoms with van der Waals surface area (Å²) in [6.45, 7) is 0.208. The van der Waals surface area contributed by atoms with Crippen LogP contribution in [-0.4, -0.2) is 38.1 Å². The van der Waals surface area contributed by atoms with Gasteiger partial charge in [0.15, 0.2) is 0 Å². The Labute approximate surface area is 86.5 Å². The molecule has 0 aromatic carbocycles. The van der Waals surface area contributed by atoms with Gasteiger partial charge in [-0.1, -0.05) is 19.3 Å². The van der Waals surface area contributed by atoms with Gasteiger partial charge in [0, 0.05) is 19.6 Å². The van der Waals surface area contributed by atoms with E-state index in [1.807, 2.05) is 0 Å². The topological polar surface area (TPSA) is 63.4 Å².